The number of carbonyl (C=O) groups is 1. The summed E-state index contributed by atoms with van der Waals surface area (Å²) in [6.45, 7) is 0.483. The monoisotopic (exact) mass is 305 g/mol. The average Bonchev–Trinajstić information content (AvgIpc) is 2.59. The van der Waals surface area contributed by atoms with Crippen LogP contribution < -0.4 is 10.2 Å². The molecule has 0 spiro atoms. The van der Waals surface area contributed by atoms with E-state index in [1.165, 1.54) is 0 Å². The molecule has 0 unspecified atom stereocenters. The van der Waals surface area contributed by atoms with Crippen LogP contribution in [0.15, 0.2) is 60.8 Å². The molecule has 4 heteroatoms. The maximum Gasteiger partial charge on any atom is 0.251 e. The summed E-state index contributed by atoms with van der Waals surface area (Å²) >= 11 is 0. The molecule has 0 atom stereocenters. The van der Waals surface area contributed by atoms with Crippen molar-refractivity contribution in [2.75, 3.05) is 19.0 Å². The van der Waals surface area contributed by atoms with Crippen LogP contribution in [-0.2, 0) is 6.54 Å². The van der Waals surface area contributed by atoms with E-state index in [4.69, 9.17) is 0 Å². The topological polar surface area (TPSA) is 45.2 Å². The van der Waals surface area contributed by atoms with Crippen LogP contribution in [0, 0.1) is 0 Å². The molecule has 0 aliphatic rings. The van der Waals surface area contributed by atoms with Gasteiger partial charge in [0, 0.05) is 43.5 Å². The lowest BCUT2D eigenvalue weighted by Crippen LogP contribution is -2.23. The summed E-state index contributed by atoms with van der Waals surface area (Å²) in [5, 5.41) is 4.04. The van der Waals surface area contributed by atoms with Gasteiger partial charge in [0.25, 0.3) is 5.91 Å². The Labute approximate surface area is 135 Å². The molecule has 1 heterocycles. The van der Waals surface area contributed by atoms with Gasteiger partial charge in [-0.1, -0.05) is 18.2 Å². The molecule has 2 aromatic carbocycles. The highest BCUT2D eigenvalue weighted by molar-refractivity contribution is 5.94. The molecule has 3 aromatic rings. The number of nitrogens with one attached hydrogen (secondary N) is 1. The van der Waals surface area contributed by atoms with Crippen LogP contribution >= 0.6 is 0 Å². The molecule has 0 aliphatic heterocycles. The van der Waals surface area contributed by atoms with E-state index in [0.29, 0.717) is 12.1 Å². The summed E-state index contributed by atoms with van der Waals surface area (Å²) in [7, 11) is 3.95. The fourth-order valence-corrected chi connectivity index (χ4v) is 2.50. The van der Waals surface area contributed by atoms with Crippen molar-refractivity contribution in [2.24, 2.45) is 0 Å². The fraction of sp³-hybridized carbons (Fsp3) is 0.158. The quantitative estimate of drug-likeness (QED) is 0.805. The summed E-state index contributed by atoms with van der Waals surface area (Å²) in [5.74, 6) is -0.0730. The number of rotatable bonds is 4. The third-order valence-corrected chi connectivity index (χ3v) is 3.82. The fourth-order valence-electron chi connectivity index (χ4n) is 2.50. The highest BCUT2D eigenvalue weighted by Gasteiger charge is 2.07. The Balaban J connectivity index is 1.73. The van der Waals surface area contributed by atoms with E-state index >= 15 is 0 Å². The zero-order valence-electron chi connectivity index (χ0n) is 13.3. The van der Waals surface area contributed by atoms with E-state index < -0.39 is 0 Å². The molecule has 0 saturated heterocycles. The lowest BCUT2D eigenvalue weighted by atomic mass is 10.1. The molecule has 1 N–H and O–H groups in total. The molecule has 0 bridgehead atoms. The SMILES string of the molecule is CN(C)c1ccc(C(=O)NCc2ccnc3ccccc23)cc1. The Morgan fingerprint density at radius 2 is 1.78 bits per heavy atom. The zero-order chi connectivity index (χ0) is 16.2. The van der Waals surface area contributed by atoms with Gasteiger partial charge < -0.3 is 10.2 Å². The standard InChI is InChI=1S/C19H19N3O/c1-22(2)16-9-7-14(8-10-16)19(23)21-13-15-11-12-20-18-6-4-3-5-17(15)18/h3-12H,13H2,1-2H3,(H,21,23). The van der Waals surface area contributed by atoms with E-state index in [9.17, 15) is 4.79 Å². The highest BCUT2D eigenvalue weighted by Crippen LogP contribution is 2.16. The second-order valence-corrected chi connectivity index (χ2v) is 5.61. The van der Waals surface area contributed by atoms with E-state index in [1.54, 1.807) is 6.20 Å². The molecular formula is C19H19N3O. The van der Waals surface area contributed by atoms with Crippen LogP contribution in [0.4, 0.5) is 5.69 Å². The van der Waals surface area contributed by atoms with Gasteiger partial charge in [-0.3, -0.25) is 9.78 Å². The number of anilines is 1. The Kier molecular flexibility index (Phi) is 4.24. The van der Waals surface area contributed by atoms with Gasteiger partial charge in [0.15, 0.2) is 0 Å². The third-order valence-electron chi connectivity index (χ3n) is 3.82. The van der Waals surface area contributed by atoms with Crippen LogP contribution in [0.3, 0.4) is 0 Å². The van der Waals surface area contributed by atoms with Gasteiger partial charge in [-0.25, -0.2) is 0 Å². The highest BCUT2D eigenvalue weighted by atomic mass is 16.1. The molecule has 4 nitrogen and oxygen atoms in total. The van der Waals surface area contributed by atoms with Crippen molar-refractivity contribution in [1.29, 1.82) is 0 Å². The molecule has 1 aromatic heterocycles. The number of pyridine rings is 1. The maximum atomic E-state index is 12.3. The van der Waals surface area contributed by atoms with Crippen molar-refractivity contribution in [3.8, 4) is 0 Å². The van der Waals surface area contributed by atoms with Crippen molar-refractivity contribution in [3.05, 3.63) is 71.9 Å². The summed E-state index contributed by atoms with van der Waals surface area (Å²) in [6.07, 6.45) is 1.77. The molecule has 0 fully saturated rings. The number of fused-ring (bicyclic) bond motifs is 1. The largest absolute Gasteiger partial charge is 0.378 e. The van der Waals surface area contributed by atoms with Crippen molar-refractivity contribution < 1.29 is 4.79 Å². The van der Waals surface area contributed by atoms with Gasteiger partial charge in [-0.05, 0) is 42.0 Å². The predicted molar refractivity (Wildman–Crippen MR) is 93.7 cm³/mol. The number of para-hydroxylation sites is 1. The van der Waals surface area contributed by atoms with E-state index in [1.807, 2.05) is 73.6 Å². The number of benzene rings is 2. The lowest BCUT2D eigenvalue weighted by molar-refractivity contribution is 0.0951. The van der Waals surface area contributed by atoms with E-state index in [-0.39, 0.29) is 5.91 Å². The minimum atomic E-state index is -0.0730. The van der Waals surface area contributed by atoms with Crippen LogP contribution in [-0.4, -0.2) is 25.0 Å². The minimum Gasteiger partial charge on any atom is -0.378 e. The van der Waals surface area contributed by atoms with Crippen molar-refractivity contribution in [2.45, 2.75) is 6.54 Å². The Morgan fingerprint density at radius 1 is 1.04 bits per heavy atom. The Bertz CT molecular complexity index is 820. The second kappa shape index (κ2) is 6.48. The van der Waals surface area contributed by atoms with Crippen LogP contribution in [0.1, 0.15) is 15.9 Å². The number of amides is 1. The van der Waals surface area contributed by atoms with Crippen molar-refractivity contribution in [1.82, 2.24) is 10.3 Å². The molecule has 0 saturated carbocycles. The van der Waals surface area contributed by atoms with Crippen LogP contribution in [0.2, 0.25) is 0 Å². The number of hydrogen-bond donors (Lipinski definition) is 1. The van der Waals surface area contributed by atoms with Crippen molar-refractivity contribution in [3.63, 3.8) is 0 Å². The predicted octanol–water partition coefficient (Wildman–Crippen LogP) is 3.23. The van der Waals surface area contributed by atoms with Gasteiger partial charge in [0.2, 0.25) is 0 Å². The summed E-state index contributed by atoms with van der Waals surface area (Å²) < 4.78 is 0. The summed E-state index contributed by atoms with van der Waals surface area (Å²) in [6, 6.07) is 17.4. The molecule has 0 radical (unpaired) electrons. The van der Waals surface area contributed by atoms with Gasteiger partial charge in [0.05, 0.1) is 5.52 Å². The third kappa shape index (κ3) is 3.31. The Hall–Kier alpha value is -2.88. The first-order chi connectivity index (χ1) is 11.1. The lowest BCUT2D eigenvalue weighted by Gasteiger charge is -2.13. The first-order valence-electron chi connectivity index (χ1n) is 7.53. The number of aromatic nitrogens is 1. The molecule has 3 rings (SSSR count). The summed E-state index contributed by atoms with van der Waals surface area (Å²) in [4.78, 5) is 18.6. The molecule has 0 aliphatic carbocycles. The number of nitrogens with zero attached hydrogens (tertiary/aromatic N) is 2. The second-order valence-electron chi connectivity index (χ2n) is 5.61. The number of carbonyl (C=O) groups excluding carboxylic acids is 1. The molecule has 1 amide bonds. The Morgan fingerprint density at radius 3 is 2.52 bits per heavy atom. The molecule has 23 heavy (non-hydrogen) atoms. The van der Waals surface area contributed by atoms with Crippen LogP contribution in [0.5, 0.6) is 0 Å². The van der Waals surface area contributed by atoms with E-state index in [2.05, 4.69) is 10.3 Å². The first kappa shape index (κ1) is 15.0. The van der Waals surface area contributed by atoms with Crippen molar-refractivity contribution >= 4 is 22.5 Å². The van der Waals surface area contributed by atoms with Gasteiger partial charge in [0.1, 0.15) is 0 Å². The summed E-state index contributed by atoms with van der Waals surface area (Å²) in [5.41, 5.74) is 3.74. The maximum absolute atomic E-state index is 12.3. The number of hydrogen-bond acceptors (Lipinski definition) is 3. The van der Waals surface area contributed by atoms with Gasteiger partial charge >= 0.3 is 0 Å². The van der Waals surface area contributed by atoms with E-state index in [0.717, 1.165) is 22.2 Å². The van der Waals surface area contributed by atoms with Crippen LogP contribution in [0.25, 0.3) is 10.9 Å². The minimum absolute atomic E-state index is 0.0730. The smallest absolute Gasteiger partial charge is 0.251 e. The zero-order valence-corrected chi connectivity index (χ0v) is 13.3. The first-order valence-corrected chi connectivity index (χ1v) is 7.53. The normalized spacial score (nSPS) is 10.5. The molecular weight excluding hydrogens is 286 g/mol. The van der Waals surface area contributed by atoms with Gasteiger partial charge in [-0.2, -0.15) is 0 Å². The average molecular weight is 305 g/mol. The molecule has 116 valence electrons. The van der Waals surface area contributed by atoms with Gasteiger partial charge in [-0.15, -0.1) is 0 Å².